The third kappa shape index (κ3) is 2.74. The summed E-state index contributed by atoms with van der Waals surface area (Å²) in [7, 11) is 0. The molecule has 6 heteroatoms. The van der Waals surface area contributed by atoms with E-state index in [1.54, 1.807) is 53.5 Å². The second-order valence-electron chi connectivity index (χ2n) is 4.33. The molecule has 1 aromatic carbocycles. The van der Waals surface area contributed by atoms with Crippen LogP contribution in [-0.2, 0) is 0 Å². The first-order valence-corrected chi connectivity index (χ1v) is 6.29. The average Bonchev–Trinajstić information content (AvgIpc) is 3.04. The second-order valence-corrected chi connectivity index (χ2v) is 4.33. The Morgan fingerprint density at radius 3 is 2.67 bits per heavy atom. The molecule has 0 aliphatic rings. The lowest BCUT2D eigenvalue weighted by Gasteiger charge is -2.07. The largest absolute Gasteiger partial charge is 0.506 e. The van der Waals surface area contributed by atoms with Gasteiger partial charge in [0, 0.05) is 18.6 Å². The number of carbonyl (C=O) groups is 1. The lowest BCUT2D eigenvalue weighted by molar-refractivity contribution is 0.102. The zero-order valence-corrected chi connectivity index (χ0v) is 11.0. The van der Waals surface area contributed by atoms with Crippen LogP contribution in [-0.4, -0.2) is 25.8 Å². The number of phenols is 1. The van der Waals surface area contributed by atoms with E-state index in [0.717, 1.165) is 0 Å². The van der Waals surface area contributed by atoms with Crippen molar-refractivity contribution in [3.05, 3.63) is 66.6 Å². The van der Waals surface area contributed by atoms with Crippen LogP contribution in [0.15, 0.2) is 61.1 Å². The van der Waals surface area contributed by atoms with Gasteiger partial charge in [-0.05, 0) is 30.3 Å². The van der Waals surface area contributed by atoms with Crippen LogP contribution in [0.3, 0.4) is 0 Å². The maximum Gasteiger partial charge on any atom is 0.257 e. The number of anilines is 1. The van der Waals surface area contributed by atoms with E-state index in [2.05, 4.69) is 15.4 Å². The van der Waals surface area contributed by atoms with Crippen molar-refractivity contribution in [2.75, 3.05) is 5.32 Å². The van der Waals surface area contributed by atoms with Gasteiger partial charge >= 0.3 is 0 Å². The van der Waals surface area contributed by atoms with E-state index in [1.165, 1.54) is 12.3 Å². The van der Waals surface area contributed by atoms with Gasteiger partial charge in [-0.15, -0.1) is 0 Å². The van der Waals surface area contributed by atoms with Gasteiger partial charge in [-0.3, -0.25) is 4.79 Å². The van der Waals surface area contributed by atoms with Crippen molar-refractivity contribution < 1.29 is 9.90 Å². The Kier molecular flexibility index (Phi) is 3.34. The molecule has 0 unspecified atom stereocenters. The molecular formula is C15H12N4O2. The van der Waals surface area contributed by atoms with E-state index in [4.69, 9.17) is 0 Å². The van der Waals surface area contributed by atoms with Gasteiger partial charge in [0.25, 0.3) is 5.91 Å². The van der Waals surface area contributed by atoms with Gasteiger partial charge in [0.2, 0.25) is 0 Å². The third-order valence-electron chi connectivity index (χ3n) is 2.90. The summed E-state index contributed by atoms with van der Waals surface area (Å²) in [6.45, 7) is 0. The van der Waals surface area contributed by atoms with Crippen LogP contribution in [0.5, 0.6) is 5.75 Å². The first-order valence-electron chi connectivity index (χ1n) is 6.29. The van der Waals surface area contributed by atoms with E-state index in [9.17, 15) is 9.90 Å². The zero-order chi connectivity index (χ0) is 14.7. The number of hydrogen-bond donors (Lipinski definition) is 2. The molecule has 2 aromatic heterocycles. The van der Waals surface area contributed by atoms with E-state index in [-0.39, 0.29) is 11.7 Å². The minimum atomic E-state index is -0.337. The molecular weight excluding hydrogens is 268 g/mol. The van der Waals surface area contributed by atoms with Crippen molar-refractivity contribution in [1.29, 1.82) is 0 Å². The van der Waals surface area contributed by atoms with Gasteiger partial charge in [-0.2, -0.15) is 5.10 Å². The molecule has 0 spiro atoms. The Morgan fingerprint density at radius 1 is 1.14 bits per heavy atom. The van der Waals surface area contributed by atoms with Crippen LogP contribution in [0.25, 0.3) is 5.82 Å². The van der Waals surface area contributed by atoms with Crippen LogP contribution >= 0.6 is 0 Å². The van der Waals surface area contributed by atoms with Crippen molar-refractivity contribution in [2.45, 2.75) is 0 Å². The van der Waals surface area contributed by atoms with E-state index in [1.807, 2.05) is 0 Å². The number of para-hydroxylation sites is 2. The number of aromatic nitrogens is 3. The number of nitrogens with one attached hydrogen (secondary N) is 1. The number of hydrogen-bond acceptors (Lipinski definition) is 4. The molecule has 6 nitrogen and oxygen atoms in total. The molecule has 0 atom stereocenters. The fourth-order valence-electron chi connectivity index (χ4n) is 1.83. The number of amides is 1. The summed E-state index contributed by atoms with van der Waals surface area (Å²) in [5.41, 5.74) is 0.757. The second kappa shape index (κ2) is 5.46. The lowest BCUT2D eigenvalue weighted by atomic mass is 10.2. The quantitative estimate of drug-likeness (QED) is 0.721. The molecule has 0 bridgehead atoms. The highest BCUT2D eigenvalue weighted by atomic mass is 16.3. The third-order valence-corrected chi connectivity index (χ3v) is 2.90. The number of phenolic OH excluding ortho intramolecular Hbond substituents is 1. The van der Waals surface area contributed by atoms with Gasteiger partial charge in [0.15, 0.2) is 5.82 Å². The highest BCUT2D eigenvalue weighted by molar-refractivity contribution is 6.04. The number of rotatable bonds is 3. The Bertz CT molecular complexity index is 752. The summed E-state index contributed by atoms with van der Waals surface area (Å²) >= 11 is 0. The Labute approximate surface area is 120 Å². The molecule has 1 amide bonds. The molecule has 0 radical (unpaired) electrons. The molecule has 2 heterocycles. The van der Waals surface area contributed by atoms with E-state index in [0.29, 0.717) is 17.1 Å². The first kappa shape index (κ1) is 12.9. The number of aromatic hydroxyl groups is 1. The highest BCUT2D eigenvalue weighted by Gasteiger charge is 2.09. The summed E-state index contributed by atoms with van der Waals surface area (Å²) < 4.78 is 1.60. The van der Waals surface area contributed by atoms with Crippen LogP contribution in [0.4, 0.5) is 5.69 Å². The van der Waals surface area contributed by atoms with Crippen LogP contribution in [0.1, 0.15) is 10.4 Å². The number of nitrogens with zero attached hydrogens (tertiary/aromatic N) is 3. The Balaban J connectivity index is 1.78. The molecule has 0 aliphatic carbocycles. The normalized spacial score (nSPS) is 10.3. The predicted molar refractivity (Wildman–Crippen MR) is 77.4 cm³/mol. The summed E-state index contributed by atoms with van der Waals surface area (Å²) in [6, 6.07) is 11.7. The Morgan fingerprint density at radius 2 is 2.00 bits per heavy atom. The lowest BCUT2D eigenvalue weighted by Crippen LogP contribution is -2.12. The van der Waals surface area contributed by atoms with Gasteiger partial charge in [0.05, 0.1) is 11.3 Å². The molecule has 3 aromatic rings. The minimum absolute atomic E-state index is 0.0203. The predicted octanol–water partition coefficient (Wildman–Crippen LogP) is 2.23. The van der Waals surface area contributed by atoms with Crippen LogP contribution < -0.4 is 5.32 Å². The Hall–Kier alpha value is -3.15. The molecule has 0 aliphatic heterocycles. The smallest absolute Gasteiger partial charge is 0.257 e. The van der Waals surface area contributed by atoms with Gasteiger partial charge in [-0.25, -0.2) is 9.67 Å². The number of carbonyl (C=O) groups excluding carboxylic acids is 1. The minimum Gasteiger partial charge on any atom is -0.506 e. The standard InChI is InChI=1S/C15H12N4O2/c20-13-5-2-1-4-12(13)18-15(21)11-6-7-14(16-10-11)19-9-3-8-17-19/h1-10,20H,(H,18,21). The zero-order valence-electron chi connectivity index (χ0n) is 11.0. The van der Waals surface area contributed by atoms with Crippen molar-refractivity contribution >= 4 is 11.6 Å². The van der Waals surface area contributed by atoms with E-state index >= 15 is 0 Å². The number of pyridine rings is 1. The van der Waals surface area contributed by atoms with Crippen molar-refractivity contribution in [1.82, 2.24) is 14.8 Å². The SMILES string of the molecule is O=C(Nc1ccccc1O)c1ccc(-n2cccn2)nc1. The fraction of sp³-hybridized carbons (Fsp3) is 0. The van der Waals surface area contributed by atoms with Gasteiger partial charge in [-0.1, -0.05) is 12.1 Å². The van der Waals surface area contributed by atoms with Crippen LogP contribution in [0, 0.1) is 0 Å². The van der Waals surface area contributed by atoms with Crippen molar-refractivity contribution in [3.8, 4) is 11.6 Å². The maximum atomic E-state index is 12.1. The molecule has 0 saturated heterocycles. The fourth-order valence-corrected chi connectivity index (χ4v) is 1.83. The highest BCUT2D eigenvalue weighted by Crippen LogP contribution is 2.22. The molecule has 0 saturated carbocycles. The topological polar surface area (TPSA) is 80.0 Å². The summed E-state index contributed by atoms with van der Waals surface area (Å²) in [4.78, 5) is 16.3. The van der Waals surface area contributed by atoms with Crippen molar-refractivity contribution in [3.63, 3.8) is 0 Å². The van der Waals surface area contributed by atoms with E-state index < -0.39 is 0 Å². The number of benzene rings is 1. The molecule has 0 fully saturated rings. The summed E-state index contributed by atoms with van der Waals surface area (Å²) in [6.07, 6.45) is 4.89. The average molecular weight is 280 g/mol. The first-order chi connectivity index (χ1) is 10.2. The maximum absolute atomic E-state index is 12.1. The monoisotopic (exact) mass is 280 g/mol. The van der Waals surface area contributed by atoms with Crippen molar-refractivity contribution in [2.24, 2.45) is 0 Å². The molecule has 21 heavy (non-hydrogen) atoms. The van der Waals surface area contributed by atoms with Crippen LogP contribution in [0.2, 0.25) is 0 Å². The molecule has 2 N–H and O–H groups in total. The molecule has 104 valence electrons. The van der Waals surface area contributed by atoms with Gasteiger partial charge < -0.3 is 10.4 Å². The molecule has 3 rings (SSSR count). The summed E-state index contributed by atoms with van der Waals surface area (Å²) in [5, 5.41) is 16.3. The van der Waals surface area contributed by atoms with Gasteiger partial charge in [0.1, 0.15) is 5.75 Å². The summed E-state index contributed by atoms with van der Waals surface area (Å²) in [5.74, 6) is 0.307.